The molecule has 1 aliphatic carbocycles. The van der Waals surface area contributed by atoms with Crippen molar-refractivity contribution in [3.8, 4) is 5.75 Å². The van der Waals surface area contributed by atoms with Crippen LogP contribution in [0.3, 0.4) is 0 Å². The quantitative estimate of drug-likeness (QED) is 0.417. The van der Waals surface area contributed by atoms with Gasteiger partial charge in [0.25, 0.3) is 5.56 Å². The summed E-state index contributed by atoms with van der Waals surface area (Å²) >= 11 is 1.59. The molecule has 6 rings (SSSR count). The van der Waals surface area contributed by atoms with Gasteiger partial charge in [-0.3, -0.25) is 9.36 Å². The van der Waals surface area contributed by atoms with E-state index in [1.165, 1.54) is 17.5 Å². The lowest BCUT2D eigenvalue weighted by Gasteiger charge is -2.32. The topological polar surface area (TPSA) is 56.1 Å². The Morgan fingerprint density at radius 2 is 2.03 bits per heavy atom. The Labute approximate surface area is 209 Å². The fourth-order valence-corrected chi connectivity index (χ4v) is 6.72. The first-order chi connectivity index (χ1) is 15.2. The Balaban J connectivity index is 0.00000130. The molecule has 1 N–H and O–H groups in total. The smallest absolute Gasteiger partial charge is 0.262 e. The number of rotatable bonds is 4. The number of hydrogen-bond acceptors (Lipinski definition) is 5. The number of fused-ring (bicyclic) bond motifs is 6. The highest BCUT2D eigenvalue weighted by atomic mass is 35.5. The van der Waals surface area contributed by atoms with Crippen molar-refractivity contribution in [1.29, 1.82) is 0 Å². The van der Waals surface area contributed by atoms with Crippen molar-refractivity contribution >= 4 is 56.5 Å². The molecular formula is C25H27Cl2N3O2S. The molecule has 2 aromatic heterocycles. The molecule has 1 fully saturated rings. The summed E-state index contributed by atoms with van der Waals surface area (Å²) < 4.78 is 8.55. The maximum absolute atomic E-state index is 13.3. The van der Waals surface area contributed by atoms with E-state index in [0.29, 0.717) is 24.4 Å². The minimum absolute atomic E-state index is 0. The van der Waals surface area contributed by atoms with Crippen LogP contribution in [0.4, 0.5) is 0 Å². The van der Waals surface area contributed by atoms with Gasteiger partial charge in [0.05, 0.1) is 18.8 Å². The average molecular weight is 504 g/mol. The van der Waals surface area contributed by atoms with Crippen LogP contribution in [-0.2, 0) is 13.0 Å². The van der Waals surface area contributed by atoms with E-state index in [-0.39, 0.29) is 30.4 Å². The highest BCUT2D eigenvalue weighted by molar-refractivity contribution is 7.25. The fraction of sp³-hybridized carbons (Fsp3) is 0.360. The van der Waals surface area contributed by atoms with Gasteiger partial charge in [0.15, 0.2) is 0 Å². The Morgan fingerprint density at radius 3 is 2.88 bits per heavy atom. The van der Waals surface area contributed by atoms with Crippen molar-refractivity contribution in [2.45, 2.75) is 37.8 Å². The van der Waals surface area contributed by atoms with Crippen LogP contribution in [0.1, 0.15) is 29.9 Å². The first-order valence-corrected chi connectivity index (χ1v) is 11.8. The van der Waals surface area contributed by atoms with Crippen molar-refractivity contribution in [1.82, 2.24) is 14.9 Å². The Bertz CT molecular complexity index is 1350. The lowest BCUT2D eigenvalue weighted by Crippen LogP contribution is -2.31. The monoisotopic (exact) mass is 503 g/mol. The van der Waals surface area contributed by atoms with Gasteiger partial charge in [0, 0.05) is 28.6 Å². The molecular weight excluding hydrogens is 477 g/mol. The van der Waals surface area contributed by atoms with E-state index in [2.05, 4.69) is 34.6 Å². The second-order valence-corrected chi connectivity index (χ2v) is 9.71. The summed E-state index contributed by atoms with van der Waals surface area (Å²) in [5.41, 5.74) is 2.86. The predicted molar refractivity (Wildman–Crippen MR) is 140 cm³/mol. The molecule has 0 bridgehead atoms. The van der Waals surface area contributed by atoms with Gasteiger partial charge < -0.3 is 10.1 Å². The largest absolute Gasteiger partial charge is 0.496 e. The molecule has 3 atom stereocenters. The van der Waals surface area contributed by atoms with Crippen LogP contribution in [0.25, 0.3) is 20.3 Å². The molecule has 2 aromatic carbocycles. The first-order valence-electron chi connectivity index (χ1n) is 11.0. The van der Waals surface area contributed by atoms with E-state index in [0.717, 1.165) is 45.4 Å². The maximum atomic E-state index is 13.3. The molecule has 2 aliphatic rings. The van der Waals surface area contributed by atoms with Crippen LogP contribution in [-0.4, -0.2) is 29.2 Å². The second kappa shape index (κ2) is 9.63. The van der Waals surface area contributed by atoms with Crippen LogP contribution in [0.2, 0.25) is 0 Å². The van der Waals surface area contributed by atoms with E-state index in [1.54, 1.807) is 29.3 Å². The summed E-state index contributed by atoms with van der Waals surface area (Å²) in [5, 5.41) is 5.53. The molecule has 0 spiro atoms. The molecule has 3 heterocycles. The zero-order chi connectivity index (χ0) is 20.9. The van der Waals surface area contributed by atoms with E-state index in [9.17, 15) is 4.79 Å². The van der Waals surface area contributed by atoms with Gasteiger partial charge in [-0.15, -0.1) is 36.2 Å². The summed E-state index contributed by atoms with van der Waals surface area (Å²) in [7, 11) is 1.76. The highest BCUT2D eigenvalue weighted by Gasteiger charge is 2.40. The van der Waals surface area contributed by atoms with E-state index in [4.69, 9.17) is 4.74 Å². The van der Waals surface area contributed by atoms with Gasteiger partial charge in [-0.25, -0.2) is 4.98 Å². The van der Waals surface area contributed by atoms with Gasteiger partial charge in [0.2, 0.25) is 0 Å². The number of aromatic nitrogens is 2. The zero-order valence-electron chi connectivity index (χ0n) is 18.3. The average Bonchev–Trinajstić information content (AvgIpc) is 3.40. The van der Waals surface area contributed by atoms with Gasteiger partial charge in [-0.2, -0.15) is 0 Å². The molecule has 174 valence electrons. The van der Waals surface area contributed by atoms with Crippen molar-refractivity contribution < 1.29 is 4.74 Å². The normalized spacial score (nSPS) is 21.2. The van der Waals surface area contributed by atoms with Crippen LogP contribution in [0.15, 0.2) is 53.6 Å². The van der Waals surface area contributed by atoms with Gasteiger partial charge >= 0.3 is 0 Å². The molecule has 33 heavy (non-hydrogen) atoms. The number of hydrogen-bond donors (Lipinski definition) is 1. The summed E-state index contributed by atoms with van der Waals surface area (Å²) in [5.74, 6) is 2.15. The fourth-order valence-electron chi connectivity index (χ4n) is 5.69. The van der Waals surface area contributed by atoms with E-state index >= 15 is 0 Å². The van der Waals surface area contributed by atoms with Gasteiger partial charge in [-0.05, 0) is 55.0 Å². The van der Waals surface area contributed by atoms with E-state index in [1.807, 2.05) is 18.2 Å². The molecule has 0 saturated carbocycles. The van der Waals surface area contributed by atoms with Crippen LogP contribution < -0.4 is 15.6 Å². The third-order valence-electron chi connectivity index (χ3n) is 7.14. The zero-order valence-corrected chi connectivity index (χ0v) is 20.8. The third kappa shape index (κ3) is 3.93. The summed E-state index contributed by atoms with van der Waals surface area (Å²) in [6.07, 6.45) is 4.91. The Morgan fingerprint density at radius 1 is 1.18 bits per heavy atom. The minimum Gasteiger partial charge on any atom is -0.496 e. The number of thiophene rings is 1. The van der Waals surface area contributed by atoms with Crippen molar-refractivity contribution in [2.75, 3.05) is 13.7 Å². The molecule has 4 aromatic rings. The van der Waals surface area contributed by atoms with Crippen molar-refractivity contribution in [2.24, 2.45) is 5.92 Å². The Hall–Kier alpha value is -2.12. The number of benzene rings is 2. The van der Waals surface area contributed by atoms with Gasteiger partial charge in [0.1, 0.15) is 10.6 Å². The Kier molecular flexibility index (Phi) is 7.01. The first kappa shape index (κ1) is 24.0. The van der Waals surface area contributed by atoms with E-state index < -0.39 is 0 Å². The number of ether oxygens (including phenoxy) is 1. The predicted octanol–water partition coefficient (Wildman–Crippen LogP) is 5.17. The van der Waals surface area contributed by atoms with Crippen molar-refractivity contribution in [3.63, 3.8) is 0 Å². The lowest BCUT2D eigenvalue weighted by molar-refractivity contribution is 0.371. The minimum atomic E-state index is 0. The molecule has 5 nitrogen and oxygen atoms in total. The molecule has 8 heteroatoms. The highest BCUT2D eigenvalue weighted by Crippen LogP contribution is 2.45. The number of nitrogens with one attached hydrogen (secondary N) is 1. The second-order valence-electron chi connectivity index (χ2n) is 8.68. The standard InChI is InChI=1S/C25H25N3O2S.2ClH/c1-30-20-7-4-6-17-16(20)10-9-15-13-26-19(22(15)17)11-12-28-14-27-24-23(25(28)29)18-5-2-3-8-21(18)31-24;;/h2-8,14-15,19,22,26H,9-13H2,1H3;2*1H/t15-,19?,22+;;/m0../s1. The molecule has 1 unspecified atom stereocenters. The van der Waals surface area contributed by atoms with Crippen LogP contribution >= 0.6 is 36.2 Å². The third-order valence-corrected chi connectivity index (χ3v) is 8.22. The van der Waals surface area contributed by atoms with Crippen LogP contribution in [0, 0.1) is 5.92 Å². The number of aryl methyl sites for hydroxylation is 1. The number of halogens is 2. The molecule has 0 amide bonds. The summed E-state index contributed by atoms with van der Waals surface area (Å²) in [6, 6.07) is 14.9. The number of nitrogens with zero attached hydrogens (tertiary/aromatic N) is 2. The van der Waals surface area contributed by atoms with Crippen molar-refractivity contribution in [3.05, 3.63) is 70.3 Å². The maximum Gasteiger partial charge on any atom is 0.262 e. The molecule has 1 aliphatic heterocycles. The number of methoxy groups -OCH3 is 1. The SMILES string of the molecule is COc1cccc2c1CC[C@H]1CNC(CCn3cnc4sc5ccccc5c4c3=O)[C@@H]21.Cl.Cl. The molecule has 1 saturated heterocycles. The molecule has 0 radical (unpaired) electrons. The van der Waals surface area contributed by atoms with Gasteiger partial charge in [-0.1, -0.05) is 30.3 Å². The van der Waals surface area contributed by atoms with Crippen LogP contribution in [0.5, 0.6) is 5.75 Å². The lowest BCUT2D eigenvalue weighted by atomic mass is 9.73. The summed E-state index contributed by atoms with van der Waals surface area (Å²) in [6.45, 7) is 1.72. The summed E-state index contributed by atoms with van der Waals surface area (Å²) in [4.78, 5) is 18.7.